The van der Waals surface area contributed by atoms with E-state index in [-0.39, 0.29) is 0 Å². The number of aryl methyl sites for hydroxylation is 1. The highest BCUT2D eigenvalue weighted by Gasteiger charge is 2.16. The van der Waals surface area contributed by atoms with Crippen LogP contribution in [0.4, 0.5) is 0 Å². The second-order valence-corrected chi connectivity index (χ2v) is 5.51. The number of phenols is 1. The van der Waals surface area contributed by atoms with E-state index >= 15 is 0 Å². The van der Waals surface area contributed by atoms with Gasteiger partial charge in [0.2, 0.25) is 0 Å². The van der Waals surface area contributed by atoms with Crippen molar-refractivity contribution in [2.75, 3.05) is 7.05 Å². The molecule has 0 atom stereocenters. The van der Waals surface area contributed by atoms with E-state index < -0.39 is 0 Å². The average molecular weight is 331 g/mol. The van der Waals surface area contributed by atoms with E-state index in [0.29, 0.717) is 5.75 Å². The average Bonchev–Trinajstić information content (AvgIpc) is 2.51. The summed E-state index contributed by atoms with van der Waals surface area (Å²) in [6.07, 6.45) is 6.15. The Labute approximate surface area is 111 Å². The summed E-state index contributed by atoms with van der Waals surface area (Å²) < 4.78 is 1.07. The van der Waals surface area contributed by atoms with Gasteiger partial charge in [-0.2, -0.15) is 0 Å². The Hall–Kier alpha value is -0.290. The van der Waals surface area contributed by atoms with Gasteiger partial charge >= 0.3 is 0 Å². The van der Waals surface area contributed by atoms with E-state index in [1.54, 1.807) is 0 Å². The molecule has 88 valence electrons. The van der Waals surface area contributed by atoms with Crippen molar-refractivity contribution in [1.29, 1.82) is 0 Å². The van der Waals surface area contributed by atoms with Crippen molar-refractivity contribution in [1.82, 2.24) is 5.32 Å². The van der Waals surface area contributed by atoms with Crippen LogP contribution in [0.25, 0.3) is 0 Å². The molecule has 2 N–H and O–H groups in total. The second kappa shape index (κ2) is 5.36. The molecule has 0 aliphatic heterocycles. The lowest BCUT2D eigenvalue weighted by atomic mass is 9.99. The molecule has 0 aromatic heterocycles. The van der Waals surface area contributed by atoms with Crippen molar-refractivity contribution in [2.45, 2.75) is 38.6 Å². The molecule has 0 amide bonds. The lowest BCUT2D eigenvalue weighted by Gasteiger charge is -2.14. The van der Waals surface area contributed by atoms with Crippen molar-refractivity contribution in [3.05, 3.63) is 26.3 Å². The number of hydrogen-bond donors (Lipinski definition) is 2. The molecule has 0 heterocycles. The van der Waals surface area contributed by atoms with Gasteiger partial charge in [0.1, 0.15) is 5.75 Å². The molecule has 0 spiro atoms. The number of fused-ring (bicyclic) bond motifs is 1. The summed E-state index contributed by atoms with van der Waals surface area (Å²) in [5.41, 5.74) is 3.87. The second-order valence-electron chi connectivity index (χ2n) is 4.43. The van der Waals surface area contributed by atoms with Crippen molar-refractivity contribution in [3.63, 3.8) is 0 Å². The van der Waals surface area contributed by atoms with Crippen molar-refractivity contribution in [2.24, 2.45) is 0 Å². The Morgan fingerprint density at radius 3 is 2.81 bits per heavy atom. The molecule has 0 bridgehead atoms. The van der Waals surface area contributed by atoms with Gasteiger partial charge in [-0.15, -0.1) is 0 Å². The zero-order valence-corrected chi connectivity index (χ0v) is 11.8. The normalized spacial score (nSPS) is 15.6. The minimum Gasteiger partial charge on any atom is -0.506 e. The fourth-order valence-electron chi connectivity index (χ4n) is 2.40. The van der Waals surface area contributed by atoms with Gasteiger partial charge in [-0.05, 0) is 66.4 Å². The van der Waals surface area contributed by atoms with E-state index in [9.17, 15) is 5.11 Å². The van der Waals surface area contributed by atoms with Crippen LogP contribution in [-0.2, 0) is 19.4 Å². The van der Waals surface area contributed by atoms with Crippen LogP contribution in [0.5, 0.6) is 5.75 Å². The molecule has 0 saturated carbocycles. The van der Waals surface area contributed by atoms with Crippen LogP contribution in [-0.4, -0.2) is 12.2 Å². The standard InChI is InChI=1S/C13H18INO/c1-15-8-10-7-9-5-3-2-4-6-11(9)12(14)13(10)16/h7,15-16H,2-6,8H2,1H3. The van der Waals surface area contributed by atoms with Gasteiger partial charge in [-0.3, -0.25) is 0 Å². The molecule has 2 nitrogen and oxygen atoms in total. The number of rotatable bonds is 2. The fraction of sp³-hybridized carbons (Fsp3) is 0.538. The molecule has 0 fully saturated rings. The summed E-state index contributed by atoms with van der Waals surface area (Å²) in [6.45, 7) is 0.745. The van der Waals surface area contributed by atoms with Gasteiger partial charge in [0.15, 0.2) is 0 Å². The van der Waals surface area contributed by atoms with E-state index in [1.165, 1.54) is 36.8 Å². The third-order valence-electron chi connectivity index (χ3n) is 3.25. The predicted octanol–water partition coefficient (Wildman–Crippen LogP) is 2.99. The Morgan fingerprint density at radius 2 is 2.06 bits per heavy atom. The van der Waals surface area contributed by atoms with Crippen LogP contribution in [0.3, 0.4) is 0 Å². The van der Waals surface area contributed by atoms with Gasteiger partial charge in [-0.1, -0.05) is 12.5 Å². The minimum absolute atomic E-state index is 0.482. The first-order chi connectivity index (χ1) is 7.74. The van der Waals surface area contributed by atoms with Crippen LogP contribution >= 0.6 is 22.6 Å². The van der Waals surface area contributed by atoms with Crippen LogP contribution < -0.4 is 5.32 Å². The number of hydrogen-bond acceptors (Lipinski definition) is 2. The molecule has 0 unspecified atom stereocenters. The van der Waals surface area contributed by atoms with Gasteiger partial charge < -0.3 is 10.4 Å². The number of nitrogens with one attached hydrogen (secondary N) is 1. The molecule has 0 radical (unpaired) electrons. The molecule has 2 rings (SSSR count). The lowest BCUT2D eigenvalue weighted by Crippen LogP contribution is -2.08. The van der Waals surface area contributed by atoms with Crippen LogP contribution in [0.1, 0.15) is 36.0 Å². The Kier molecular flexibility index (Phi) is 4.08. The zero-order chi connectivity index (χ0) is 11.5. The van der Waals surface area contributed by atoms with Crippen molar-refractivity contribution < 1.29 is 5.11 Å². The molecule has 0 saturated heterocycles. The first-order valence-corrected chi connectivity index (χ1v) is 6.98. The molecule has 3 heteroatoms. The first kappa shape index (κ1) is 12.2. The van der Waals surface area contributed by atoms with Gasteiger partial charge in [-0.25, -0.2) is 0 Å². The quantitative estimate of drug-likeness (QED) is 0.645. The van der Waals surface area contributed by atoms with E-state index in [2.05, 4.69) is 34.0 Å². The molecule has 1 aromatic rings. The minimum atomic E-state index is 0.482. The number of phenolic OH excluding ortho intramolecular Hbond substituents is 1. The van der Waals surface area contributed by atoms with E-state index in [4.69, 9.17) is 0 Å². The monoisotopic (exact) mass is 331 g/mol. The summed E-state index contributed by atoms with van der Waals surface area (Å²) in [6, 6.07) is 2.19. The highest BCUT2D eigenvalue weighted by Crippen LogP contribution is 2.34. The van der Waals surface area contributed by atoms with Crippen LogP contribution in [0, 0.1) is 3.57 Å². The highest BCUT2D eigenvalue weighted by atomic mass is 127. The number of benzene rings is 1. The number of aromatic hydroxyl groups is 1. The molecule has 1 aliphatic rings. The van der Waals surface area contributed by atoms with Crippen LogP contribution in [0.2, 0.25) is 0 Å². The summed E-state index contributed by atoms with van der Waals surface area (Å²) >= 11 is 2.29. The summed E-state index contributed by atoms with van der Waals surface area (Å²) in [4.78, 5) is 0. The Balaban J connectivity index is 2.46. The Morgan fingerprint density at radius 1 is 1.31 bits per heavy atom. The van der Waals surface area contributed by atoms with Gasteiger partial charge in [0.25, 0.3) is 0 Å². The molecule has 16 heavy (non-hydrogen) atoms. The third kappa shape index (κ3) is 2.35. The van der Waals surface area contributed by atoms with Crippen molar-refractivity contribution >= 4 is 22.6 Å². The molecule has 1 aromatic carbocycles. The van der Waals surface area contributed by atoms with Crippen LogP contribution in [0.15, 0.2) is 6.07 Å². The maximum absolute atomic E-state index is 10.1. The third-order valence-corrected chi connectivity index (χ3v) is 4.42. The summed E-state index contributed by atoms with van der Waals surface area (Å²) in [5.74, 6) is 0.482. The summed E-state index contributed by atoms with van der Waals surface area (Å²) in [5, 5.41) is 13.2. The maximum Gasteiger partial charge on any atom is 0.133 e. The van der Waals surface area contributed by atoms with E-state index in [1.807, 2.05) is 7.05 Å². The smallest absolute Gasteiger partial charge is 0.133 e. The molecular weight excluding hydrogens is 313 g/mol. The highest BCUT2D eigenvalue weighted by molar-refractivity contribution is 14.1. The van der Waals surface area contributed by atoms with Crippen molar-refractivity contribution in [3.8, 4) is 5.75 Å². The van der Waals surface area contributed by atoms with Gasteiger partial charge in [0.05, 0.1) is 3.57 Å². The molecule has 1 aliphatic carbocycles. The zero-order valence-electron chi connectivity index (χ0n) is 9.65. The lowest BCUT2D eigenvalue weighted by molar-refractivity contribution is 0.461. The topological polar surface area (TPSA) is 32.3 Å². The summed E-state index contributed by atoms with van der Waals surface area (Å²) in [7, 11) is 1.91. The fourth-order valence-corrected chi connectivity index (χ4v) is 3.37. The Bertz CT molecular complexity index is 390. The van der Waals surface area contributed by atoms with E-state index in [0.717, 1.165) is 22.1 Å². The molecular formula is C13H18INO. The maximum atomic E-state index is 10.1. The first-order valence-electron chi connectivity index (χ1n) is 5.90. The van der Waals surface area contributed by atoms with Gasteiger partial charge in [0, 0.05) is 12.1 Å². The predicted molar refractivity (Wildman–Crippen MR) is 74.8 cm³/mol. The SMILES string of the molecule is CNCc1cc2c(c(I)c1O)CCCCC2. The largest absolute Gasteiger partial charge is 0.506 e. The number of halogens is 1.